The molecule has 14 heavy (non-hydrogen) atoms. The fraction of sp³-hybridized carbons (Fsp3) is 0.100. The van der Waals surface area contributed by atoms with Crippen molar-refractivity contribution in [3.63, 3.8) is 0 Å². The molecule has 0 saturated carbocycles. The van der Waals surface area contributed by atoms with Crippen LogP contribution in [0.3, 0.4) is 0 Å². The third-order valence-electron chi connectivity index (χ3n) is 2.03. The molecule has 68 valence electrons. The number of carbonyl (C=O) groups is 1. The van der Waals surface area contributed by atoms with Crippen molar-refractivity contribution in [3.05, 3.63) is 29.6 Å². The van der Waals surface area contributed by atoms with Gasteiger partial charge in [0.15, 0.2) is 5.78 Å². The first-order valence-electron chi connectivity index (χ1n) is 4.11. The molecule has 2 rings (SSSR count). The molecule has 2 heterocycles. The Morgan fingerprint density at radius 1 is 1.57 bits per heavy atom. The number of aromatic nitrogens is 2. The Kier molecular flexibility index (Phi) is 1.79. The predicted octanol–water partition coefficient (Wildman–Crippen LogP) is 1.64. The van der Waals surface area contributed by atoms with Gasteiger partial charge in [-0.2, -0.15) is 5.26 Å². The van der Waals surface area contributed by atoms with Crippen LogP contribution in [-0.2, 0) is 0 Å². The highest BCUT2D eigenvalue weighted by Crippen LogP contribution is 2.16. The lowest BCUT2D eigenvalue weighted by Gasteiger charge is -1.92. The van der Waals surface area contributed by atoms with E-state index < -0.39 is 0 Å². The molecule has 1 N–H and O–H groups in total. The number of nitriles is 1. The van der Waals surface area contributed by atoms with Crippen molar-refractivity contribution in [1.29, 1.82) is 5.26 Å². The zero-order valence-electron chi connectivity index (χ0n) is 7.53. The highest BCUT2D eigenvalue weighted by atomic mass is 16.1. The largest absolute Gasteiger partial charge is 0.345 e. The molecule has 0 aromatic carbocycles. The normalized spacial score (nSPS) is 10.0. The zero-order chi connectivity index (χ0) is 10.1. The SMILES string of the molecule is CC(=O)c1c[nH]c2nc(C#N)ccc12. The minimum atomic E-state index is -0.0113. The Hall–Kier alpha value is -2.15. The Balaban J connectivity index is 2.73. The number of hydrogen-bond donors (Lipinski definition) is 1. The van der Waals surface area contributed by atoms with Crippen LogP contribution in [0.15, 0.2) is 18.3 Å². The van der Waals surface area contributed by atoms with Crippen LogP contribution in [0.5, 0.6) is 0 Å². The average Bonchev–Trinajstić information content (AvgIpc) is 2.59. The lowest BCUT2D eigenvalue weighted by molar-refractivity contribution is 0.101. The number of nitrogens with zero attached hydrogens (tertiary/aromatic N) is 2. The van der Waals surface area contributed by atoms with Gasteiger partial charge in [-0.1, -0.05) is 0 Å². The Labute approximate surface area is 80.2 Å². The lowest BCUT2D eigenvalue weighted by atomic mass is 10.1. The van der Waals surface area contributed by atoms with Gasteiger partial charge in [0.1, 0.15) is 17.4 Å². The molecule has 4 heteroatoms. The van der Waals surface area contributed by atoms with Crippen LogP contribution in [0.25, 0.3) is 11.0 Å². The maximum absolute atomic E-state index is 11.2. The van der Waals surface area contributed by atoms with E-state index in [1.165, 1.54) is 6.92 Å². The van der Waals surface area contributed by atoms with Gasteiger partial charge in [0.25, 0.3) is 0 Å². The van der Waals surface area contributed by atoms with Gasteiger partial charge in [0.05, 0.1) is 0 Å². The first-order chi connectivity index (χ1) is 6.72. The highest BCUT2D eigenvalue weighted by Gasteiger charge is 2.08. The van der Waals surface area contributed by atoms with Gasteiger partial charge < -0.3 is 4.98 Å². The van der Waals surface area contributed by atoms with Crippen LogP contribution in [0.2, 0.25) is 0 Å². The first kappa shape index (κ1) is 8.45. The third kappa shape index (κ3) is 1.15. The first-order valence-corrected chi connectivity index (χ1v) is 4.11. The summed E-state index contributed by atoms with van der Waals surface area (Å²) in [5, 5.41) is 9.38. The molecule has 2 aromatic rings. The number of nitrogens with one attached hydrogen (secondary N) is 1. The number of pyridine rings is 1. The number of hydrogen-bond acceptors (Lipinski definition) is 3. The van der Waals surface area contributed by atoms with E-state index in [9.17, 15) is 4.79 Å². The molecule has 0 radical (unpaired) electrons. The van der Waals surface area contributed by atoms with E-state index in [1.807, 2.05) is 6.07 Å². The summed E-state index contributed by atoms with van der Waals surface area (Å²) in [6.45, 7) is 1.50. The number of aromatic amines is 1. The van der Waals surface area contributed by atoms with Crippen LogP contribution in [0.4, 0.5) is 0 Å². The van der Waals surface area contributed by atoms with Crippen molar-refractivity contribution in [2.45, 2.75) is 6.92 Å². The van der Waals surface area contributed by atoms with Gasteiger partial charge in [-0.15, -0.1) is 0 Å². The van der Waals surface area contributed by atoms with E-state index >= 15 is 0 Å². The van der Waals surface area contributed by atoms with E-state index in [0.717, 1.165) is 5.39 Å². The minimum absolute atomic E-state index is 0.0113. The second-order valence-electron chi connectivity index (χ2n) is 2.96. The van der Waals surface area contributed by atoms with Gasteiger partial charge in [0.2, 0.25) is 0 Å². The average molecular weight is 185 g/mol. The molecular weight excluding hydrogens is 178 g/mol. The summed E-state index contributed by atoms with van der Waals surface area (Å²) >= 11 is 0. The van der Waals surface area contributed by atoms with Crippen LogP contribution in [0.1, 0.15) is 23.0 Å². The fourth-order valence-electron chi connectivity index (χ4n) is 1.36. The summed E-state index contributed by atoms with van der Waals surface area (Å²) in [6, 6.07) is 5.27. The van der Waals surface area contributed by atoms with Gasteiger partial charge in [-0.05, 0) is 19.1 Å². The molecule has 0 amide bonds. The quantitative estimate of drug-likeness (QED) is 0.686. The van der Waals surface area contributed by atoms with E-state index in [0.29, 0.717) is 16.9 Å². The van der Waals surface area contributed by atoms with Crippen molar-refractivity contribution in [2.24, 2.45) is 0 Å². The van der Waals surface area contributed by atoms with Gasteiger partial charge >= 0.3 is 0 Å². The summed E-state index contributed by atoms with van der Waals surface area (Å²) in [6.07, 6.45) is 1.61. The molecule has 0 saturated heterocycles. The molecule has 4 nitrogen and oxygen atoms in total. The van der Waals surface area contributed by atoms with E-state index in [4.69, 9.17) is 5.26 Å². The molecule has 0 fully saturated rings. The number of fused-ring (bicyclic) bond motifs is 1. The standard InChI is InChI=1S/C10H7N3O/c1-6(14)9-5-12-10-8(9)3-2-7(4-11)13-10/h2-3,5H,1H3,(H,12,13). The summed E-state index contributed by atoms with van der Waals surface area (Å²) in [7, 11) is 0. The zero-order valence-corrected chi connectivity index (χ0v) is 7.53. The Bertz CT molecular complexity index is 548. The predicted molar refractivity (Wildman–Crippen MR) is 50.8 cm³/mol. The second kappa shape index (κ2) is 2.96. The van der Waals surface area contributed by atoms with Crippen LogP contribution >= 0.6 is 0 Å². The summed E-state index contributed by atoms with van der Waals surface area (Å²) in [4.78, 5) is 18.1. The maximum atomic E-state index is 11.2. The molecule has 0 bridgehead atoms. The number of ketones is 1. The molecular formula is C10H7N3O. The highest BCUT2D eigenvalue weighted by molar-refractivity contribution is 6.05. The minimum Gasteiger partial charge on any atom is -0.345 e. The van der Waals surface area contributed by atoms with Crippen molar-refractivity contribution in [3.8, 4) is 6.07 Å². The number of rotatable bonds is 1. The molecule has 0 spiro atoms. The maximum Gasteiger partial charge on any atom is 0.162 e. The lowest BCUT2D eigenvalue weighted by Crippen LogP contribution is -1.89. The second-order valence-corrected chi connectivity index (χ2v) is 2.96. The van der Waals surface area contributed by atoms with E-state index in [1.54, 1.807) is 18.3 Å². The third-order valence-corrected chi connectivity index (χ3v) is 2.03. The Morgan fingerprint density at radius 2 is 2.36 bits per heavy atom. The van der Waals surface area contributed by atoms with Crippen molar-refractivity contribution in [2.75, 3.05) is 0 Å². The summed E-state index contributed by atoms with van der Waals surface area (Å²) in [5.41, 5.74) is 1.53. The van der Waals surface area contributed by atoms with Gasteiger partial charge in [0, 0.05) is 17.1 Å². The number of Topliss-reactive ketones (excluding diaryl/α,β-unsaturated/α-hetero) is 1. The topological polar surface area (TPSA) is 69.5 Å². The molecule has 0 aliphatic carbocycles. The van der Waals surface area contributed by atoms with Gasteiger partial charge in [-0.25, -0.2) is 4.98 Å². The molecule has 0 unspecified atom stereocenters. The molecule has 0 aliphatic rings. The van der Waals surface area contributed by atoms with Gasteiger partial charge in [-0.3, -0.25) is 4.79 Å². The van der Waals surface area contributed by atoms with Crippen molar-refractivity contribution in [1.82, 2.24) is 9.97 Å². The smallest absolute Gasteiger partial charge is 0.162 e. The number of H-pyrrole nitrogens is 1. The van der Waals surface area contributed by atoms with Crippen LogP contribution < -0.4 is 0 Å². The van der Waals surface area contributed by atoms with Crippen molar-refractivity contribution < 1.29 is 4.79 Å². The summed E-state index contributed by atoms with van der Waals surface area (Å²) in [5.74, 6) is -0.0113. The molecule has 0 atom stereocenters. The fourth-order valence-corrected chi connectivity index (χ4v) is 1.36. The number of carbonyl (C=O) groups excluding carboxylic acids is 1. The summed E-state index contributed by atoms with van der Waals surface area (Å²) < 4.78 is 0. The van der Waals surface area contributed by atoms with Crippen LogP contribution in [-0.4, -0.2) is 15.8 Å². The molecule has 0 aliphatic heterocycles. The molecule has 2 aromatic heterocycles. The van der Waals surface area contributed by atoms with Crippen molar-refractivity contribution >= 4 is 16.8 Å². The van der Waals surface area contributed by atoms with E-state index in [-0.39, 0.29) is 5.78 Å². The van der Waals surface area contributed by atoms with E-state index in [2.05, 4.69) is 9.97 Å². The van der Waals surface area contributed by atoms with Crippen LogP contribution in [0, 0.1) is 11.3 Å². The Morgan fingerprint density at radius 3 is 3.00 bits per heavy atom. The monoisotopic (exact) mass is 185 g/mol.